The first-order valence-corrected chi connectivity index (χ1v) is 8.53. The Morgan fingerprint density at radius 3 is 2.04 bits per heavy atom. The number of fused-ring (bicyclic) bond motifs is 1. The molecule has 2 aromatic rings. The third-order valence-electron chi connectivity index (χ3n) is 4.40. The first-order chi connectivity index (χ1) is 12.2. The van der Waals surface area contributed by atoms with Gasteiger partial charge in [0.2, 0.25) is 0 Å². The summed E-state index contributed by atoms with van der Waals surface area (Å²) in [6.45, 7) is 2.50. The van der Waals surface area contributed by atoms with Crippen LogP contribution < -0.4 is 0 Å². The average molecular weight is 338 g/mol. The van der Waals surface area contributed by atoms with Gasteiger partial charge < -0.3 is 5.11 Å². The van der Waals surface area contributed by atoms with Gasteiger partial charge in [-0.1, -0.05) is 42.5 Å². The number of benzene rings is 2. The predicted octanol–water partition coefficient (Wildman–Crippen LogP) is 2.17. The summed E-state index contributed by atoms with van der Waals surface area (Å²) in [4.78, 5) is 28.4. The fourth-order valence-electron chi connectivity index (χ4n) is 3.09. The zero-order valence-corrected chi connectivity index (χ0v) is 14.1. The maximum absolute atomic E-state index is 12.4. The number of rotatable bonds is 8. The molecule has 0 spiro atoms. The molecule has 25 heavy (non-hydrogen) atoms. The van der Waals surface area contributed by atoms with Crippen LogP contribution in [-0.4, -0.2) is 53.0 Å². The second-order valence-corrected chi connectivity index (χ2v) is 6.15. The minimum Gasteiger partial charge on any atom is -0.396 e. The molecule has 0 radical (unpaired) electrons. The molecular formula is C20H22N2O3. The number of nitrogens with zero attached hydrogens (tertiary/aromatic N) is 2. The predicted molar refractivity (Wildman–Crippen MR) is 95.2 cm³/mol. The largest absolute Gasteiger partial charge is 0.396 e. The van der Waals surface area contributed by atoms with Crippen molar-refractivity contribution in [2.75, 3.05) is 26.2 Å². The van der Waals surface area contributed by atoms with Crippen molar-refractivity contribution in [2.24, 2.45) is 0 Å². The first kappa shape index (κ1) is 17.3. The zero-order chi connectivity index (χ0) is 17.6. The molecular weight excluding hydrogens is 316 g/mol. The first-order valence-electron chi connectivity index (χ1n) is 8.53. The van der Waals surface area contributed by atoms with Gasteiger partial charge in [0, 0.05) is 32.8 Å². The van der Waals surface area contributed by atoms with E-state index in [9.17, 15) is 9.59 Å². The normalized spacial score (nSPS) is 13.6. The zero-order valence-electron chi connectivity index (χ0n) is 14.1. The van der Waals surface area contributed by atoms with Gasteiger partial charge in [-0.25, -0.2) is 0 Å². The van der Waals surface area contributed by atoms with Crippen LogP contribution in [0.1, 0.15) is 32.7 Å². The van der Waals surface area contributed by atoms with Gasteiger partial charge in [0.1, 0.15) is 0 Å². The molecule has 0 saturated carbocycles. The third-order valence-corrected chi connectivity index (χ3v) is 4.40. The topological polar surface area (TPSA) is 60.9 Å². The van der Waals surface area contributed by atoms with Crippen molar-refractivity contribution in [2.45, 2.75) is 13.0 Å². The van der Waals surface area contributed by atoms with Crippen LogP contribution in [0, 0.1) is 0 Å². The van der Waals surface area contributed by atoms with Crippen molar-refractivity contribution in [3.05, 3.63) is 71.3 Å². The Labute approximate surface area is 147 Å². The van der Waals surface area contributed by atoms with E-state index in [0.717, 1.165) is 6.54 Å². The Morgan fingerprint density at radius 1 is 0.840 bits per heavy atom. The number of hydrogen-bond donors (Lipinski definition) is 1. The molecule has 0 saturated heterocycles. The average Bonchev–Trinajstić information content (AvgIpc) is 2.89. The molecule has 1 aliphatic rings. The van der Waals surface area contributed by atoms with Crippen LogP contribution in [0.25, 0.3) is 0 Å². The van der Waals surface area contributed by atoms with Crippen LogP contribution in [0.5, 0.6) is 0 Å². The molecule has 5 heteroatoms. The Kier molecular flexibility index (Phi) is 5.58. The molecule has 5 nitrogen and oxygen atoms in total. The lowest BCUT2D eigenvalue weighted by Gasteiger charge is -2.24. The lowest BCUT2D eigenvalue weighted by atomic mass is 10.1. The lowest BCUT2D eigenvalue weighted by Crippen LogP contribution is -2.38. The number of aliphatic hydroxyl groups excluding tert-OH is 1. The van der Waals surface area contributed by atoms with Crippen molar-refractivity contribution in [1.82, 2.24) is 9.80 Å². The molecule has 1 N–H and O–H groups in total. The number of amides is 2. The standard InChI is InChI=1S/C20H22N2O3/c23-14-6-11-21(15-16-7-2-1-3-8-16)12-13-22-19(24)17-9-4-5-10-18(17)20(22)25/h1-5,7-10,23H,6,11-15H2. The molecule has 130 valence electrons. The third kappa shape index (κ3) is 3.95. The van der Waals surface area contributed by atoms with Crippen LogP contribution >= 0.6 is 0 Å². The molecule has 0 atom stereocenters. The summed E-state index contributed by atoms with van der Waals surface area (Å²) in [5.74, 6) is -0.440. The van der Waals surface area contributed by atoms with Crippen LogP contribution in [0.2, 0.25) is 0 Å². The molecule has 0 unspecified atom stereocenters. The summed E-state index contributed by atoms with van der Waals surface area (Å²) in [5.41, 5.74) is 2.14. The summed E-state index contributed by atoms with van der Waals surface area (Å²) in [6, 6.07) is 17.0. The number of carbonyl (C=O) groups is 2. The summed E-state index contributed by atoms with van der Waals surface area (Å²) < 4.78 is 0. The van der Waals surface area contributed by atoms with Crippen molar-refractivity contribution in [3.63, 3.8) is 0 Å². The Hall–Kier alpha value is -2.50. The van der Waals surface area contributed by atoms with Gasteiger partial charge in [-0.2, -0.15) is 0 Å². The highest BCUT2D eigenvalue weighted by Crippen LogP contribution is 2.22. The molecule has 0 fully saturated rings. The highest BCUT2D eigenvalue weighted by atomic mass is 16.3. The van der Waals surface area contributed by atoms with Crippen molar-refractivity contribution in [3.8, 4) is 0 Å². The van der Waals surface area contributed by atoms with Crippen molar-refractivity contribution >= 4 is 11.8 Å². The van der Waals surface area contributed by atoms with Gasteiger partial charge in [0.25, 0.3) is 11.8 Å². The van der Waals surface area contributed by atoms with E-state index in [0.29, 0.717) is 37.2 Å². The van der Waals surface area contributed by atoms with Gasteiger partial charge in [0.05, 0.1) is 11.1 Å². The van der Waals surface area contributed by atoms with E-state index >= 15 is 0 Å². The molecule has 1 heterocycles. The van der Waals surface area contributed by atoms with Gasteiger partial charge in [-0.05, 0) is 24.1 Å². The highest BCUT2D eigenvalue weighted by molar-refractivity contribution is 6.21. The highest BCUT2D eigenvalue weighted by Gasteiger charge is 2.34. The number of aliphatic hydroxyl groups is 1. The smallest absolute Gasteiger partial charge is 0.261 e. The van der Waals surface area contributed by atoms with Gasteiger partial charge in [-0.15, -0.1) is 0 Å². The number of imide groups is 1. The Balaban J connectivity index is 1.65. The SMILES string of the molecule is O=C1c2ccccc2C(=O)N1CCN(CCCO)Cc1ccccc1. The van der Waals surface area contributed by atoms with E-state index in [1.54, 1.807) is 24.3 Å². The van der Waals surface area contributed by atoms with E-state index in [-0.39, 0.29) is 18.4 Å². The van der Waals surface area contributed by atoms with Crippen LogP contribution in [0.4, 0.5) is 0 Å². The van der Waals surface area contributed by atoms with Crippen molar-refractivity contribution in [1.29, 1.82) is 0 Å². The maximum atomic E-state index is 12.4. The van der Waals surface area contributed by atoms with Crippen LogP contribution in [0.3, 0.4) is 0 Å². The van der Waals surface area contributed by atoms with E-state index in [2.05, 4.69) is 4.90 Å². The van der Waals surface area contributed by atoms with E-state index in [4.69, 9.17) is 5.11 Å². The molecule has 0 bridgehead atoms. The van der Waals surface area contributed by atoms with E-state index in [1.165, 1.54) is 10.5 Å². The summed E-state index contributed by atoms with van der Waals surface area (Å²) in [5, 5.41) is 9.12. The monoisotopic (exact) mass is 338 g/mol. The minimum absolute atomic E-state index is 0.123. The van der Waals surface area contributed by atoms with Gasteiger partial charge >= 0.3 is 0 Å². The number of carbonyl (C=O) groups excluding carboxylic acids is 2. The maximum Gasteiger partial charge on any atom is 0.261 e. The van der Waals surface area contributed by atoms with Crippen molar-refractivity contribution < 1.29 is 14.7 Å². The molecule has 0 aromatic heterocycles. The van der Waals surface area contributed by atoms with Gasteiger partial charge in [0.15, 0.2) is 0 Å². The van der Waals surface area contributed by atoms with E-state index < -0.39 is 0 Å². The fraction of sp³-hybridized carbons (Fsp3) is 0.300. The summed E-state index contributed by atoms with van der Waals surface area (Å²) in [7, 11) is 0. The van der Waals surface area contributed by atoms with Crippen LogP contribution in [0.15, 0.2) is 54.6 Å². The second kappa shape index (κ2) is 8.05. The molecule has 0 aliphatic carbocycles. The molecule has 2 amide bonds. The Bertz CT molecular complexity index is 711. The van der Waals surface area contributed by atoms with E-state index in [1.807, 2.05) is 30.3 Å². The number of hydrogen-bond acceptors (Lipinski definition) is 4. The Morgan fingerprint density at radius 2 is 1.44 bits per heavy atom. The summed E-state index contributed by atoms with van der Waals surface area (Å²) >= 11 is 0. The molecule has 2 aromatic carbocycles. The second-order valence-electron chi connectivity index (χ2n) is 6.15. The molecule has 1 aliphatic heterocycles. The van der Waals surface area contributed by atoms with Gasteiger partial charge in [-0.3, -0.25) is 19.4 Å². The summed E-state index contributed by atoms with van der Waals surface area (Å²) in [6.07, 6.45) is 0.662. The minimum atomic E-state index is -0.220. The quantitative estimate of drug-likeness (QED) is 0.750. The lowest BCUT2D eigenvalue weighted by molar-refractivity contribution is 0.0632. The van der Waals surface area contributed by atoms with Crippen LogP contribution in [-0.2, 0) is 6.54 Å². The fourth-order valence-corrected chi connectivity index (χ4v) is 3.09. The molecule has 3 rings (SSSR count).